The van der Waals surface area contributed by atoms with Crippen molar-refractivity contribution in [1.82, 2.24) is 5.32 Å². The first-order valence-corrected chi connectivity index (χ1v) is 9.68. The van der Waals surface area contributed by atoms with Crippen LogP contribution in [0.2, 0.25) is 0 Å². The highest BCUT2D eigenvalue weighted by atomic mass is 32.1. The summed E-state index contributed by atoms with van der Waals surface area (Å²) in [4.78, 5) is 24.7. The Morgan fingerprint density at radius 2 is 1.63 bits per heavy atom. The summed E-state index contributed by atoms with van der Waals surface area (Å²) in [7, 11) is 0. The maximum Gasteiger partial charge on any atom is 0.256 e. The van der Waals surface area contributed by atoms with Gasteiger partial charge in [-0.25, -0.2) is 0 Å². The zero-order chi connectivity index (χ0) is 18.9. The third-order valence-corrected chi connectivity index (χ3v) is 4.63. The maximum atomic E-state index is 12.5. The monoisotopic (exact) mass is 379 g/mol. The van der Waals surface area contributed by atoms with E-state index < -0.39 is 0 Å². The summed E-state index contributed by atoms with van der Waals surface area (Å²) in [5, 5.41) is 12.6. The van der Waals surface area contributed by atoms with Crippen molar-refractivity contribution in [3.05, 3.63) is 82.6 Å². The van der Waals surface area contributed by atoms with E-state index in [1.165, 1.54) is 11.3 Å². The van der Waals surface area contributed by atoms with E-state index in [1.54, 1.807) is 35.7 Å². The standard InChI is InChI=1S/C21H21N3O2S/c25-20(16-11-14-27-15-16)24-19-10-5-4-9-18(19)21(26)23-13-6-12-22-17-7-2-1-3-8-17/h1-5,7-11,14-15,22H,6,12-13H2,(H,23,26)(H,24,25). The van der Waals surface area contributed by atoms with E-state index in [0.717, 1.165) is 18.7 Å². The Morgan fingerprint density at radius 3 is 2.41 bits per heavy atom. The minimum absolute atomic E-state index is 0.198. The molecular formula is C21H21N3O2S. The normalized spacial score (nSPS) is 10.2. The number of anilines is 2. The molecule has 3 aromatic rings. The Morgan fingerprint density at radius 1 is 0.852 bits per heavy atom. The average molecular weight is 379 g/mol. The first-order chi connectivity index (χ1) is 13.2. The second-order valence-electron chi connectivity index (χ2n) is 5.91. The number of benzene rings is 2. The van der Waals surface area contributed by atoms with Gasteiger partial charge in [-0.1, -0.05) is 30.3 Å². The van der Waals surface area contributed by atoms with Gasteiger partial charge in [0.25, 0.3) is 11.8 Å². The molecule has 0 aliphatic rings. The van der Waals surface area contributed by atoms with E-state index in [4.69, 9.17) is 0 Å². The summed E-state index contributed by atoms with van der Waals surface area (Å²) < 4.78 is 0. The van der Waals surface area contributed by atoms with Gasteiger partial charge in [0.2, 0.25) is 0 Å². The summed E-state index contributed by atoms with van der Waals surface area (Å²) in [6, 6.07) is 18.7. The third-order valence-electron chi connectivity index (χ3n) is 3.95. The number of carbonyl (C=O) groups is 2. The van der Waals surface area contributed by atoms with E-state index in [2.05, 4.69) is 16.0 Å². The van der Waals surface area contributed by atoms with Gasteiger partial charge in [0, 0.05) is 24.2 Å². The zero-order valence-corrected chi connectivity index (χ0v) is 15.6. The van der Waals surface area contributed by atoms with Gasteiger partial charge in [-0.05, 0) is 42.1 Å². The van der Waals surface area contributed by atoms with E-state index in [9.17, 15) is 9.59 Å². The fraction of sp³-hybridized carbons (Fsp3) is 0.143. The third kappa shape index (κ3) is 5.43. The number of hydrogen-bond acceptors (Lipinski definition) is 4. The smallest absolute Gasteiger partial charge is 0.256 e. The predicted molar refractivity (Wildman–Crippen MR) is 111 cm³/mol. The number of thiophene rings is 1. The van der Waals surface area contributed by atoms with Crippen LogP contribution in [-0.4, -0.2) is 24.9 Å². The number of nitrogens with one attached hydrogen (secondary N) is 3. The van der Waals surface area contributed by atoms with Gasteiger partial charge >= 0.3 is 0 Å². The van der Waals surface area contributed by atoms with Crippen molar-refractivity contribution in [3.63, 3.8) is 0 Å². The van der Waals surface area contributed by atoms with E-state index >= 15 is 0 Å². The van der Waals surface area contributed by atoms with Crippen LogP contribution in [0.25, 0.3) is 0 Å². The average Bonchev–Trinajstić information content (AvgIpc) is 3.24. The predicted octanol–water partition coefficient (Wildman–Crippen LogP) is 4.23. The van der Waals surface area contributed by atoms with Crippen molar-refractivity contribution in [2.24, 2.45) is 0 Å². The van der Waals surface area contributed by atoms with Crippen LogP contribution < -0.4 is 16.0 Å². The molecule has 1 aromatic heterocycles. The summed E-state index contributed by atoms with van der Waals surface area (Å²) in [5.41, 5.74) is 2.61. The van der Waals surface area contributed by atoms with Gasteiger partial charge in [-0.2, -0.15) is 11.3 Å². The van der Waals surface area contributed by atoms with Gasteiger partial charge < -0.3 is 16.0 Å². The first-order valence-electron chi connectivity index (χ1n) is 8.74. The van der Waals surface area contributed by atoms with Crippen molar-refractivity contribution in [3.8, 4) is 0 Å². The van der Waals surface area contributed by atoms with Crippen molar-refractivity contribution in [2.75, 3.05) is 23.7 Å². The molecule has 0 unspecified atom stereocenters. The Labute approximate surface area is 162 Å². The molecule has 1 heterocycles. The number of rotatable bonds is 8. The number of amides is 2. The molecule has 2 aromatic carbocycles. The molecule has 0 spiro atoms. The molecular weight excluding hydrogens is 358 g/mol. The second-order valence-corrected chi connectivity index (χ2v) is 6.69. The largest absolute Gasteiger partial charge is 0.385 e. The van der Waals surface area contributed by atoms with Gasteiger partial charge in [0.1, 0.15) is 0 Å². The van der Waals surface area contributed by atoms with Crippen LogP contribution >= 0.6 is 11.3 Å². The highest BCUT2D eigenvalue weighted by molar-refractivity contribution is 7.08. The van der Waals surface area contributed by atoms with Crippen LogP contribution in [0, 0.1) is 0 Å². The summed E-state index contributed by atoms with van der Waals surface area (Å²) in [6.07, 6.45) is 0.796. The van der Waals surface area contributed by atoms with Crippen LogP contribution in [0.3, 0.4) is 0 Å². The fourth-order valence-corrected chi connectivity index (χ4v) is 3.19. The van der Waals surface area contributed by atoms with Crippen molar-refractivity contribution >= 4 is 34.5 Å². The quantitative estimate of drug-likeness (QED) is 0.513. The Balaban J connectivity index is 1.50. The van der Waals surface area contributed by atoms with Crippen molar-refractivity contribution in [1.29, 1.82) is 0 Å². The molecule has 0 atom stereocenters. The summed E-state index contributed by atoms with van der Waals surface area (Å²) in [6.45, 7) is 1.31. The SMILES string of the molecule is O=C(Nc1ccccc1C(=O)NCCCNc1ccccc1)c1ccsc1. The van der Waals surface area contributed by atoms with Gasteiger partial charge in [-0.15, -0.1) is 0 Å². The lowest BCUT2D eigenvalue weighted by Gasteiger charge is -2.11. The molecule has 27 heavy (non-hydrogen) atoms. The van der Waals surface area contributed by atoms with E-state index in [1.807, 2.05) is 35.7 Å². The molecule has 0 saturated heterocycles. The lowest BCUT2D eigenvalue weighted by molar-refractivity contribution is 0.0954. The van der Waals surface area contributed by atoms with Crippen LogP contribution in [0.5, 0.6) is 0 Å². The Bertz CT molecular complexity index is 879. The molecule has 0 aliphatic carbocycles. The lowest BCUT2D eigenvalue weighted by Crippen LogP contribution is -2.27. The molecule has 3 N–H and O–H groups in total. The molecule has 6 heteroatoms. The van der Waals surface area contributed by atoms with Gasteiger partial charge in [-0.3, -0.25) is 9.59 Å². The van der Waals surface area contributed by atoms with Crippen LogP contribution in [0.1, 0.15) is 27.1 Å². The fourth-order valence-electron chi connectivity index (χ4n) is 2.55. The summed E-state index contributed by atoms with van der Waals surface area (Å²) >= 11 is 1.46. The summed E-state index contributed by atoms with van der Waals surface area (Å²) in [5.74, 6) is -0.417. The zero-order valence-electron chi connectivity index (χ0n) is 14.8. The number of hydrogen-bond donors (Lipinski definition) is 3. The maximum absolute atomic E-state index is 12.5. The molecule has 5 nitrogen and oxygen atoms in total. The van der Waals surface area contributed by atoms with Crippen molar-refractivity contribution in [2.45, 2.75) is 6.42 Å². The van der Waals surface area contributed by atoms with Crippen LogP contribution in [-0.2, 0) is 0 Å². The molecule has 3 rings (SSSR count). The second kappa shape index (κ2) is 9.54. The van der Waals surface area contributed by atoms with E-state index in [-0.39, 0.29) is 11.8 Å². The van der Waals surface area contributed by atoms with E-state index in [0.29, 0.717) is 23.4 Å². The Hall–Kier alpha value is -3.12. The van der Waals surface area contributed by atoms with Gasteiger partial charge in [0.05, 0.1) is 16.8 Å². The van der Waals surface area contributed by atoms with Crippen LogP contribution in [0.15, 0.2) is 71.4 Å². The topological polar surface area (TPSA) is 70.2 Å². The number of para-hydroxylation sites is 2. The molecule has 0 fully saturated rings. The lowest BCUT2D eigenvalue weighted by atomic mass is 10.1. The molecule has 138 valence electrons. The highest BCUT2D eigenvalue weighted by Crippen LogP contribution is 2.17. The van der Waals surface area contributed by atoms with Crippen molar-refractivity contribution < 1.29 is 9.59 Å². The minimum atomic E-state index is -0.219. The Kier molecular flexibility index (Phi) is 6.60. The molecule has 0 bridgehead atoms. The number of carbonyl (C=O) groups excluding carboxylic acids is 2. The molecule has 0 radical (unpaired) electrons. The first kappa shape index (κ1) is 18.7. The van der Waals surface area contributed by atoms with Crippen LogP contribution in [0.4, 0.5) is 11.4 Å². The molecule has 0 aliphatic heterocycles. The van der Waals surface area contributed by atoms with Gasteiger partial charge in [0.15, 0.2) is 0 Å². The molecule has 0 saturated carbocycles. The highest BCUT2D eigenvalue weighted by Gasteiger charge is 2.13. The molecule has 2 amide bonds. The minimum Gasteiger partial charge on any atom is -0.385 e.